The second kappa shape index (κ2) is 7.13. The molecule has 0 spiro atoms. The van der Waals surface area contributed by atoms with Gasteiger partial charge in [-0.3, -0.25) is 9.59 Å². The summed E-state index contributed by atoms with van der Waals surface area (Å²) >= 11 is 0. The lowest BCUT2D eigenvalue weighted by Gasteiger charge is -2.34. The van der Waals surface area contributed by atoms with Crippen LogP contribution in [0.3, 0.4) is 0 Å². The zero-order chi connectivity index (χ0) is 18.0. The third-order valence-corrected chi connectivity index (χ3v) is 6.07. The summed E-state index contributed by atoms with van der Waals surface area (Å²) in [7, 11) is -3.50. The molecule has 2 aliphatic rings. The van der Waals surface area contributed by atoms with E-state index < -0.39 is 10.0 Å². The Morgan fingerprint density at radius 3 is 2.12 bits per heavy atom. The van der Waals surface area contributed by atoms with E-state index in [4.69, 9.17) is 0 Å². The van der Waals surface area contributed by atoms with Gasteiger partial charge < -0.3 is 9.80 Å². The van der Waals surface area contributed by atoms with Crippen LogP contribution in [0.15, 0.2) is 29.2 Å². The van der Waals surface area contributed by atoms with Crippen molar-refractivity contribution in [2.75, 3.05) is 26.2 Å². The topological polar surface area (TPSA) is 86.8 Å². The minimum atomic E-state index is -3.50. The maximum atomic E-state index is 12.6. The predicted molar refractivity (Wildman–Crippen MR) is 92.6 cm³/mol. The first-order valence-corrected chi connectivity index (χ1v) is 10.1. The first-order chi connectivity index (χ1) is 11.9. The molecule has 1 N–H and O–H groups in total. The lowest BCUT2D eigenvalue weighted by Crippen LogP contribution is -2.50. The number of hydrogen-bond donors (Lipinski definition) is 1. The van der Waals surface area contributed by atoms with Gasteiger partial charge in [0.25, 0.3) is 5.91 Å². The largest absolute Gasteiger partial charge is 0.339 e. The lowest BCUT2D eigenvalue weighted by atomic mass is 10.2. The Labute approximate surface area is 148 Å². The quantitative estimate of drug-likeness (QED) is 0.837. The van der Waals surface area contributed by atoms with Crippen molar-refractivity contribution in [3.05, 3.63) is 29.8 Å². The standard InChI is InChI=1S/C17H23N3O4S/c1-2-16(21)19-9-11-20(12-10-19)17(22)13-3-7-15(8-4-13)25(23,24)18-14-5-6-14/h3-4,7-8,14,18H,2,5-6,9-12H2,1H3. The summed E-state index contributed by atoms with van der Waals surface area (Å²) in [6.07, 6.45) is 2.23. The molecule has 3 rings (SSSR count). The van der Waals surface area contributed by atoms with Crippen LogP contribution in [-0.2, 0) is 14.8 Å². The van der Waals surface area contributed by atoms with Gasteiger partial charge in [0.05, 0.1) is 4.90 Å². The van der Waals surface area contributed by atoms with E-state index in [1.165, 1.54) is 12.1 Å². The summed E-state index contributed by atoms with van der Waals surface area (Å²) in [5, 5.41) is 0. The highest BCUT2D eigenvalue weighted by molar-refractivity contribution is 7.89. The molecule has 136 valence electrons. The van der Waals surface area contributed by atoms with Gasteiger partial charge in [-0.05, 0) is 37.1 Å². The van der Waals surface area contributed by atoms with E-state index in [0.29, 0.717) is 38.2 Å². The van der Waals surface area contributed by atoms with E-state index in [1.54, 1.807) is 21.9 Å². The SMILES string of the molecule is CCC(=O)N1CCN(C(=O)c2ccc(S(=O)(=O)NC3CC3)cc2)CC1. The van der Waals surface area contributed by atoms with Gasteiger partial charge in [-0.15, -0.1) is 0 Å². The fourth-order valence-electron chi connectivity index (χ4n) is 2.83. The number of carbonyl (C=O) groups is 2. The second-order valence-corrected chi connectivity index (χ2v) is 8.16. The molecule has 0 atom stereocenters. The van der Waals surface area contributed by atoms with Gasteiger partial charge in [0.2, 0.25) is 15.9 Å². The molecule has 1 aromatic carbocycles. The molecule has 0 bridgehead atoms. The highest BCUT2D eigenvalue weighted by atomic mass is 32.2. The van der Waals surface area contributed by atoms with Gasteiger partial charge in [-0.2, -0.15) is 0 Å². The second-order valence-electron chi connectivity index (χ2n) is 6.45. The average Bonchev–Trinajstić information content (AvgIpc) is 3.44. The summed E-state index contributed by atoms with van der Waals surface area (Å²) in [4.78, 5) is 27.9. The van der Waals surface area contributed by atoms with Crippen LogP contribution in [0.5, 0.6) is 0 Å². The van der Waals surface area contributed by atoms with Crippen LogP contribution in [0, 0.1) is 0 Å². The maximum Gasteiger partial charge on any atom is 0.253 e. The van der Waals surface area contributed by atoms with Crippen molar-refractivity contribution in [3.8, 4) is 0 Å². The number of hydrogen-bond acceptors (Lipinski definition) is 4. The number of piperazine rings is 1. The molecule has 7 nitrogen and oxygen atoms in total. The molecule has 0 unspecified atom stereocenters. The number of nitrogens with zero attached hydrogens (tertiary/aromatic N) is 2. The fourth-order valence-corrected chi connectivity index (χ4v) is 4.14. The summed E-state index contributed by atoms with van der Waals surface area (Å²) in [5.74, 6) is -0.0347. The molecule has 1 aromatic rings. The van der Waals surface area contributed by atoms with Gasteiger partial charge in [-0.25, -0.2) is 13.1 Å². The van der Waals surface area contributed by atoms with E-state index >= 15 is 0 Å². The molecule has 1 saturated carbocycles. The zero-order valence-electron chi connectivity index (χ0n) is 14.3. The van der Waals surface area contributed by atoms with Crippen molar-refractivity contribution in [2.45, 2.75) is 37.1 Å². The molecule has 0 aromatic heterocycles. The van der Waals surface area contributed by atoms with E-state index in [9.17, 15) is 18.0 Å². The van der Waals surface area contributed by atoms with Crippen molar-refractivity contribution in [1.82, 2.24) is 14.5 Å². The number of benzene rings is 1. The average molecular weight is 365 g/mol. The number of sulfonamides is 1. The Hall–Kier alpha value is -1.93. The molecule has 25 heavy (non-hydrogen) atoms. The summed E-state index contributed by atoms with van der Waals surface area (Å²) in [5.41, 5.74) is 0.459. The van der Waals surface area contributed by atoms with Crippen molar-refractivity contribution >= 4 is 21.8 Å². The molecular weight excluding hydrogens is 342 g/mol. The zero-order valence-corrected chi connectivity index (χ0v) is 15.1. The molecule has 1 aliphatic carbocycles. The molecule has 1 heterocycles. The Morgan fingerprint density at radius 2 is 1.60 bits per heavy atom. The van der Waals surface area contributed by atoms with Crippen molar-refractivity contribution in [1.29, 1.82) is 0 Å². The van der Waals surface area contributed by atoms with Crippen molar-refractivity contribution in [3.63, 3.8) is 0 Å². The normalized spacial score (nSPS) is 18.3. The van der Waals surface area contributed by atoms with Crippen LogP contribution >= 0.6 is 0 Å². The molecule has 8 heteroatoms. The highest BCUT2D eigenvalue weighted by Gasteiger charge is 2.28. The minimum Gasteiger partial charge on any atom is -0.339 e. The first-order valence-electron chi connectivity index (χ1n) is 8.60. The smallest absolute Gasteiger partial charge is 0.253 e. The summed E-state index contributed by atoms with van der Waals surface area (Å²) < 4.78 is 26.9. The van der Waals surface area contributed by atoms with Crippen LogP contribution in [0.1, 0.15) is 36.5 Å². The number of rotatable bonds is 5. The first kappa shape index (κ1) is 17.9. The lowest BCUT2D eigenvalue weighted by molar-refractivity contribution is -0.132. The van der Waals surface area contributed by atoms with Crippen LogP contribution in [-0.4, -0.2) is 62.3 Å². The Bertz CT molecular complexity index is 749. The molecular formula is C17H23N3O4S. The third kappa shape index (κ3) is 4.19. The molecule has 2 fully saturated rings. The van der Waals surface area contributed by atoms with Gasteiger partial charge in [0.1, 0.15) is 0 Å². The van der Waals surface area contributed by atoms with E-state index in [-0.39, 0.29) is 22.8 Å². The number of amides is 2. The third-order valence-electron chi connectivity index (χ3n) is 4.53. The van der Waals surface area contributed by atoms with Crippen molar-refractivity contribution in [2.24, 2.45) is 0 Å². The predicted octanol–water partition coefficient (Wildman–Crippen LogP) is 0.822. The Balaban J connectivity index is 1.62. The number of carbonyl (C=O) groups excluding carboxylic acids is 2. The molecule has 1 aliphatic heterocycles. The number of nitrogens with one attached hydrogen (secondary N) is 1. The van der Waals surface area contributed by atoms with Crippen LogP contribution in [0.4, 0.5) is 0 Å². The van der Waals surface area contributed by atoms with Gasteiger partial charge in [0, 0.05) is 44.2 Å². The van der Waals surface area contributed by atoms with Crippen LogP contribution < -0.4 is 4.72 Å². The maximum absolute atomic E-state index is 12.6. The molecule has 0 radical (unpaired) electrons. The van der Waals surface area contributed by atoms with E-state index in [2.05, 4.69) is 4.72 Å². The van der Waals surface area contributed by atoms with Crippen LogP contribution in [0.2, 0.25) is 0 Å². The Morgan fingerprint density at radius 1 is 1.04 bits per heavy atom. The van der Waals surface area contributed by atoms with Gasteiger partial charge in [0.15, 0.2) is 0 Å². The highest BCUT2D eigenvalue weighted by Crippen LogP contribution is 2.22. The van der Waals surface area contributed by atoms with E-state index in [1.807, 2.05) is 6.92 Å². The van der Waals surface area contributed by atoms with E-state index in [0.717, 1.165) is 12.8 Å². The summed E-state index contributed by atoms with van der Waals surface area (Å²) in [6.45, 7) is 3.89. The Kier molecular flexibility index (Phi) is 5.10. The fraction of sp³-hybridized carbons (Fsp3) is 0.529. The van der Waals surface area contributed by atoms with Gasteiger partial charge >= 0.3 is 0 Å². The summed E-state index contributed by atoms with van der Waals surface area (Å²) in [6, 6.07) is 6.08. The molecule has 1 saturated heterocycles. The minimum absolute atomic E-state index is 0.0495. The van der Waals surface area contributed by atoms with Crippen molar-refractivity contribution < 1.29 is 18.0 Å². The monoisotopic (exact) mass is 365 g/mol. The van der Waals surface area contributed by atoms with Crippen LogP contribution in [0.25, 0.3) is 0 Å². The molecule has 2 amide bonds. The van der Waals surface area contributed by atoms with Gasteiger partial charge in [-0.1, -0.05) is 6.92 Å².